The van der Waals surface area contributed by atoms with Crippen LogP contribution in [-0.2, 0) is 5.41 Å². The number of nitrogens with zero attached hydrogens (tertiary/aromatic N) is 2. The van der Waals surface area contributed by atoms with E-state index in [0.29, 0.717) is 0 Å². The maximum atomic E-state index is 7.24. The first-order chi connectivity index (χ1) is 32.3. The van der Waals surface area contributed by atoms with E-state index in [1.807, 2.05) is 6.07 Å². The van der Waals surface area contributed by atoms with Gasteiger partial charge in [0, 0.05) is 55.6 Å². The van der Waals surface area contributed by atoms with Gasteiger partial charge in [0.05, 0.1) is 27.5 Å². The van der Waals surface area contributed by atoms with E-state index in [9.17, 15) is 0 Å². The average Bonchev–Trinajstić information content (AvgIpc) is 4.12. The fraction of sp³-hybridized carbons (Fsp3) is 0.0492. The molecule has 4 nitrogen and oxygen atoms in total. The molecule has 2 aliphatic carbocycles. The quantitative estimate of drug-likeness (QED) is 0.167. The summed E-state index contributed by atoms with van der Waals surface area (Å²) in [5.41, 5.74) is 16.7. The molecule has 12 aromatic rings. The van der Waals surface area contributed by atoms with Gasteiger partial charge in [0.15, 0.2) is 0 Å². The van der Waals surface area contributed by atoms with Gasteiger partial charge in [0.25, 0.3) is 0 Å². The summed E-state index contributed by atoms with van der Waals surface area (Å²) in [5.74, 6) is 0. The van der Waals surface area contributed by atoms with E-state index in [0.717, 1.165) is 90.5 Å². The second-order valence-electron chi connectivity index (χ2n) is 17.4. The van der Waals surface area contributed by atoms with Crippen molar-refractivity contribution in [3.8, 4) is 16.8 Å². The zero-order chi connectivity index (χ0) is 42.6. The Hall–Kier alpha value is -8.34. The molecule has 306 valence electrons. The monoisotopic (exact) mass is 832 g/mol. The Kier molecular flexibility index (Phi) is 7.70. The summed E-state index contributed by atoms with van der Waals surface area (Å²) in [6.45, 7) is 0. The summed E-state index contributed by atoms with van der Waals surface area (Å²) < 4.78 is 16.3. The van der Waals surface area contributed by atoms with Crippen LogP contribution >= 0.6 is 0 Å². The van der Waals surface area contributed by atoms with Crippen LogP contribution in [0.4, 0.5) is 17.1 Å². The van der Waals surface area contributed by atoms with E-state index in [1.54, 1.807) is 0 Å². The van der Waals surface area contributed by atoms with Crippen molar-refractivity contribution < 1.29 is 8.83 Å². The Morgan fingerprint density at radius 2 is 1.14 bits per heavy atom. The Morgan fingerprint density at radius 1 is 0.477 bits per heavy atom. The minimum absolute atomic E-state index is 0.604. The van der Waals surface area contributed by atoms with Crippen molar-refractivity contribution >= 4 is 82.7 Å². The molecular formula is C61H40N2O2. The van der Waals surface area contributed by atoms with Crippen molar-refractivity contribution in [2.45, 2.75) is 18.3 Å². The van der Waals surface area contributed by atoms with Crippen LogP contribution in [0.1, 0.15) is 29.5 Å². The molecule has 14 rings (SSSR count). The van der Waals surface area contributed by atoms with Gasteiger partial charge in [-0.2, -0.15) is 0 Å². The molecule has 3 aromatic heterocycles. The topological polar surface area (TPSA) is 34.5 Å². The van der Waals surface area contributed by atoms with Gasteiger partial charge >= 0.3 is 0 Å². The minimum atomic E-state index is -0.604. The molecule has 1 unspecified atom stereocenters. The fourth-order valence-electron chi connectivity index (χ4n) is 11.4. The van der Waals surface area contributed by atoms with Crippen LogP contribution in [0.5, 0.6) is 0 Å². The highest BCUT2D eigenvalue weighted by Gasteiger charge is 2.49. The predicted molar refractivity (Wildman–Crippen MR) is 268 cm³/mol. The number of hydrogen-bond acceptors (Lipinski definition) is 3. The molecule has 65 heavy (non-hydrogen) atoms. The zero-order valence-electron chi connectivity index (χ0n) is 35.4. The number of hydrogen-bond donors (Lipinski definition) is 0. The third kappa shape index (κ3) is 5.08. The van der Waals surface area contributed by atoms with E-state index in [1.165, 1.54) is 44.1 Å². The SMILES string of the molecule is C1=CC(C2(c3ccccc3)c3ccccc3-c3c2cc(N(c2ccc4c(c2)oc2ccccc24)c2ccc4c(c2)c2ccccc2n4-c2ccccc2)c2c3oc3ccccc32)=CCC1. The highest BCUT2D eigenvalue weighted by Crippen LogP contribution is 2.61. The van der Waals surface area contributed by atoms with Gasteiger partial charge in [-0.3, -0.25) is 0 Å². The first-order valence-electron chi connectivity index (χ1n) is 22.6. The molecule has 0 saturated carbocycles. The van der Waals surface area contributed by atoms with E-state index in [4.69, 9.17) is 8.83 Å². The van der Waals surface area contributed by atoms with E-state index >= 15 is 0 Å². The molecule has 0 amide bonds. The van der Waals surface area contributed by atoms with E-state index in [2.05, 4.69) is 222 Å². The van der Waals surface area contributed by atoms with E-state index in [-0.39, 0.29) is 0 Å². The molecule has 2 aliphatic rings. The van der Waals surface area contributed by atoms with Crippen molar-refractivity contribution in [3.05, 3.63) is 241 Å². The number of aromatic nitrogens is 1. The highest BCUT2D eigenvalue weighted by molar-refractivity contribution is 6.20. The Bertz CT molecular complexity index is 3960. The lowest BCUT2D eigenvalue weighted by molar-refractivity contribution is 0.668. The summed E-state index contributed by atoms with van der Waals surface area (Å²) in [6, 6.07) is 72.6. The van der Waals surface area contributed by atoms with Gasteiger partial charge < -0.3 is 18.3 Å². The standard InChI is InChI=1S/C61H40N2O2/c1-4-18-39(19-5-1)61(40-20-6-2-7-21-40)50-28-14-10-26-47(50)58-51(61)38-54(59-48-27-13-17-31-56(48)65-60(58)59)62(43-32-34-46-45-25-12-16-30-55(45)64-57(46)37-43)42-33-35-53-49(36-42)44-24-11-15-29-52(44)63(53)41-22-8-3-9-23-41/h1,3-6,8-38H,2,7H2. The fourth-order valence-corrected chi connectivity index (χ4v) is 11.4. The van der Waals surface area contributed by atoms with Gasteiger partial charge in [-0.05, 0) is 107 Å². The molecule has 0 saturated heterocycles. The second kappa shape index (κ2) is 13.8. The van der Waals surface area contributed by atoms with Gasteiger partial charge in [-0.1, -0.05) is 146 Å². The third-order valence-corrected chi connectivity index (χ3v) is 14.1. The van der Waals surface area contributed by atoms with Crippen LogP contribution in [0.3, 0.4) is 0 Å². The number of benzene rings is 9. The summed E-state index contributed by atoms with van der Waals surface area (Å²) in [7, 11) is 0. The lowest BCUT2D eigenvalue weighted by Crippen LogP contribution is -2.29. The molecule has 0 radical (unpaired) electrons. The van der Waals surface area contributed by atoms with Gasteiger partial charge in [-0.15, -0.1) is 0 Å². The molecule has 3 heterocycles. The van der Waals surface area contributed by atoms with Crippen molar-refractivity contribution in [3.63, 3.8) is 0 Å². The molecule has 1 atom stereocenters. The maximum Gasteiger partial charge on any atom is 0.145 e. The smallest absolute Gasteiger partial charge is 0.145 e. The minimum Gasteiger partial charge on any atom is -0.456 e. The molecular weight excluding hydrogens is 793 g/mol. The summed E-state index contributed by atoms with van der Waals surface area (Å²) >= 11 is 0. The highest BCUT2D eigenvalue weighted by atomic mass is 16.3. The number of anilines is 3. The van der Waals surface area contributed by atoms with Crippen molar-refractivity contribution in [2.75, 3.05) is 4.90 Å². The molecule has 0 aliphatic heterocycles. The van der Waals surface area contributed by atoms with Gasteiger partial charge in [0.1, 0.15) is 22.3 Å². The predicted octanol–water partition coefficient (Wildman–Crippen LogP) is 16.6. The number of rotatable bonds is 6. The van der Waals surface area contributed by atoms with Crippen molar-refractivity contribution in [2.24, 2.45) is 0 Å². The maximum absolute atomic E-state index is 7.24. The molecule has 9 aromatic carbocycles. The third-order valence-electron chi connectivity index (χ3n) is 14.1. The first kappa shape index (κ1) is 36.2. The summed E-state index contributed by atoms with van der Waals surface area (Å²) in [4.78, 5) is 2.45. The molecule has 0 spiro atoms. The Labute approximate surface area is 375 Å². The van der Waals surface area contributed by atoms with Crippen molar-refractivity contribution in [1.29, 1.82) is 0 Å². The Balaban J connectivity index is 1.14. The molecule has 0 N–H and O–H groups in total. The summed E-state index contributed by atoms with van der Waals surface area (Å²) in [6.07, 6.45) is 9.19. The van der Waals surface area contributed by atoms with Crippen LogP contribution in [0.15, 0.2) is 233 Å². The van der Waals surface area contributed by atoms with Gasteiger partial charge in [0.2, 0.25) is 0 Å². The van der Waals surface area contributed by atoms with Crippen LogP contribution in [0.2, 0.25) is 0 Å². The largest absolute Gasteiger partial charge is 0.456 e. The van der Waals surface area contributed by atoms with Crippen molar-refractivity contribution in [1.82, 2.24) is 4.57 Å². The molecule has 0 fully saturated rings. The second-order valence-corrected chi connectivity index (χ2v) is 17.4. The van der Waals surface area contributed by atoms with Crippen LogP contribution in [0.25, 0.3) is 82.5 Å². The number of allylic oxidation sites excluding steroid dienone is 4. The zero-order valence-corrected chi connectivity index (χ0v) is 35.4. The molecule has 0 bridgehead atoms. The molecule has 4 heteroatoms. The normalized spacial score (nSPS) is 15.7. The average molecular weight is 833 g/mol. The van der Waals surface area contributed by atoms with Crippen LogP contribution in [-0.4, -0.2) is 4.57 Å². The van der Waals surface area contributed by atoms with E-state index < -0.39 is 5.41 Å². The number of fused-ring (bicyclic) bond motifs is 13. The number of furan rings is 2. The van der Waals surface area contributed by atoms with Gasteiger partial charge in [-0.25, -0.2) is 0 Å². The van der Waals surface area contributed by atoms with Crippen LogP contribution < -0.4 is 4.90 Å². The van der Waals surface area contributed by atoms with Crippen LogP contribution in [0, 0.1) is 0 Å². The number of para-hydroxylation sites is 4. The Morgan fingerprint density at radius 3 is 1.97 bits per heavy atom. The first-order valence-corrected chi connectivity index (χ1v) is 22.6. The lowest BCUT2D eigenvalue weighted by atomic mass is 9.66. The summed E-state index contributed by atoms with van der Waals surface area (Å²) in [5, 5.41) is 6.72. The lowest BCUT2D eigenvalue weighted by Gasteiger charge is -2.36.